The van der Waals surface area contributed by atoms with E-state index in [-0.39, 0.29) is 17.0 Å². The minimum absolute atomic E-state index is 0.0310. The Hall–Kier alpha value is -3.48. The van der Waals surface area contributed by atoms with Gasteiger partial charge in [-0.25, -0.2) is 4.39 Å². The van der Waals surface area contributed by atoms with E-state index in [0.717, 1.165) is 79.4 Å². The summed E-state index contributed by atoms with van der Waals surface area (Å²) in [5.41, 5.74) is 8.77. The normalized spacial score (nSPS) is 26.9. The second kappa shape index (κ2) is 12.0. The molecule has 240 valence electrons. The van der Waals surface area contributed by atoms with Gasteiger partial charge in [0.1, 0.15) is 11.6 Å². The van der Waals surface area contributed by atoms with Gasteiger partial charge in [-0.05, 0) is 140 Å². The Morgan fingerprint density at radius 2 is 1.89 bits per heavy atom. The SMILES string of the molecule is C[C@]12CC[C@@H]3c4ccc(O)cc4CC[C@H]3[C@@H]1CC[C@@H]2OCCCNCc1ccc(-c2[nH]c3cc(F)cc4c3c2CCCC4=O)cc1. The summed E-state index contributed by atoms with van der Waals surface area (Å²) in [4.78, 5) is 16.0. The van der Waals surface area contributed by atoms with Gasteiger partial charge in [0.15, 0.2) is 5.78 Å². The standard InChI is InChI=1S/C40H45FN2O3/c1-40-17-16-30-29-13-11-28(44)20-26(29)10-12-31(30)34(40)14-15-37(40)46-19-3-18-42-23-24-6-8-25(9-7-24)39-32-4-2-5-36(45)33-21-27(41)22-35(43-39)38(32)33/h6-9,11,13,20-22,30-31,34,37,42-44H,2-5,10,12,14-19,23H2,1H3/t30-,31-,34+,37+,40+/m1/s1. The van der Waals surface area contributed by atoms with Gasteiger partial charge < -0.3 is 20.1 Å². The number of ketones is 1. The van der Waals surface area contributed by atoms with Crippen molar-refractivity contribution in [2.24, 2.45) is 17.3 Å². The molecular weight excluding hydrogens is 575 g/mol. The fraction of sp³-hybridized carbons (Fsp3) is 0.475. The molecule has 4 aromatic rings. The van der Waals surface area contributed by atoms with Gasteiger partial charge in [0, 0.05) is 41.7 Å². The summed E-state index contributed by atoms with van der Waals surface area (Å²) < 4.78 is 20.9. The number of Topliss-reactive ketones (excluding diaryl/α,β-unsaturated/α-hetero) is 1. The second-order valence-electron chi connectivity index (χ2n) is 14.6. The first-order valence-electron chi connectivity index (χ1n) is 17.5. The average Bonchev–Trinajstić information content (AvgIpc) is 3.53. The lowest BCUT2D eigenvalue weighted by Gasteiger charge is -2.50. The number of carbonyl (C=O) groups excluding carboxylic acids is 1. The van der Waals surface area contributed by atoms with Gasteiger partial charge in [0.05, 0.1) is 6.10 Å². The first kappa shape index (κ1) is 29.9. The monoisotopic (exact) mass is 620 g/mol. The second-order valence-corrected chi connectivity index (χ2v) is 14.6. The van der Waals surface area contributed by atoms with Crippen molar-refractivity contribution in [3.05, 3.63) is 88.2 Å². The molecule has 8 rings (SSSR count). The van der Waals surface area contributed by atoms with Crippen molar-refractivity contribution in [3.8, 4) is 17.0 Å². The van der Waals surface area contributed by atoms with Gasteiger partial charge in [0.2, 0.25) is 0 Å². The highest BCUT2D eigenvalue weighted by Crippen LogP contribution is 2.61. The number of fused-ring (bicyclic) bond motifs is 5. The quantitative estimate of drug-likeness (QED) is 0.173. The van der Waals surface area contributed by atoms with Crippen LogP contribution in [0, 0.1) is 23.1 Å². The summed E-state index contributed by atoms with van der Waals surface area (Å²) in [5.74, 6) is 2.18. The zero-order chi connectivity index (χ0) is 31.4. The first-order chi connectivity index (χ1) is 22.4. The summed E-state index contributed by atoms with van der Waals surface area (Å²) in [6.45, 7) is 5.01. The van der Waals surface area contributed by atoms with Gasteiger partial charge in [-0.15, -0.1) is 0 Å². The lowest BCUT2D eigenvalue weighted by atomic mass is 9.55. The molecule has 6 heteroatoms. The van der Waals surface area contributed by atoms with Crippen LogP contribution in [0.1, 0.15) is 96.8 Å². The van der Waals surface area contributed by atoms with Crippen molar-refractivity contribution in [1.29, 1.82) is 0 Å². The number of phenolic OH excluding ortho intramolecular Hbond substituents is 1. The molecule has 3 N–H and O–H groups in total. The molecular formula is C40H45FN2O3. The number of H-pyrrole nitrogens is 1. The number of halogens is 1. The fourth-order valence-electron chi connectivity index (χ4n) is 9.88. The molecule has 5 nitrogen and oxygen atoms in total. The zero-order valence-corrected chi connectivity index (χ0v) is 26.8. The summed E-state index contributed by atoms with van der Waals surface area (Å²) >= 11 is 0. The number of rotatable bonds is 8. The van der Waals surface area contributed by atoms with Crippen LogP contribution in [-0.2, 0) is 24.1 Å². The van der Waals surface area contributed by atoms with E-state index in [0.29, 0.717) is 35.3 Å². The highest BCUT2D eigenvalue weighted by Gasteiger charge is 2.55. The van der Waals surface area contributed by atoms with Crippen molar-refractivity contribution in [3.63, 3.8) is 0 Å². The van der Waals surface area contributed by atoms with E-state index in [1.54, 1.807) is 0 Å². The Morgan fingerprint density at radius 3 is 2.76 bits per heavy atom. The average molecular weight is 621 g/mol. The van der Waals surface area contributed by atoms with E-state index in [1.165, 1.54) is 60.9 Å². The predicted molar refractivity (Wildman–Crippen MR) is 180 cm³/mol. The van der Waals surface area contributed by atoms with Crippen LogP contribution in [0.2, 0.25) is 0 Å². The van der Waals surface area contributed by atoms with Gasteiger partial charge in [-0.1, -0.05) is 37.3 Å². The van der Waals surface area contributed by atoms with E-state index in [2.05, 4.69) is 47.6 Å². The van der Waals surface area contributed by atoms with E-state index in [1.807, 2.05) is 12.1 Å². The molecule has 4 aliphatic carbocycles. The number of ether oxygens (including phenoxy) is 1. The van der Waals surface area contributed by atoms with Gasteiger partial charge in [-0.3, -0.25) is 4.79 Å². The number of aryl methyl sites for hydroxylation is 2. The Bertz CT molecular complexity index is 1780. The molecule has 5 atom stereocenters. The molecule has 0 bridgehead atoms. The number of benzene rings is 3. The largest absolute Gasteiger partial charge is 0.508 e. The number of hydrogen-bond donors (Lipinski definition) is 3. The minimum atomic E-state index is -0.369. The molecule has 0 aliphatic heterocycles. The molecule has 2 saturated carbocycles. The Labute approximate surface area is 270 Å². The molecule has 0 saturated heterocycles. The fourth-order valence-corrected chi connectivity index (χ4v) is 9.88. The van der Waals surface area contributed by atoms with Crippen LogP contribution in [0.25, 0.3) is 22.2 Å². The molecule has 0 spiro atoms. The van der Waals surface area contributed by atoms with Gasteiger partial charge in [-0.2, -0.15) is 0 Å². The third kappa shape index (κ3) is 5.18. The zero-order valence-electron chi connectivity index (χ0n) is 26.8. The number of carbonyl (C=O) groups is 1. The third-order valence-electron chi connectivity index (χ3n) is 12.1. The maximum atomic E-state index is 14.3. The number of phenols is 1. The van der Waals surface area contributed by atoms with Crippen LogP contribution in [0.3, 0.4) is 0 Å². The Balaban J connectivity index is 0.833. The predicted octanol–water partition coefficient (Wildman–Crippen LogP) is 8.62. The molecule has 0 unspecified atom stereocenters. The first-order valence-corrected chi connectivity index (χ1v) is 17.5. The number of nitrogens with one attached hydrogen (secondary N) is 2. The van der Waals surface area contributed by atoms with Crippen molar-refractivity contribution >= 4 is 16.7 Å². The Morgan fingerprint density at radius 1 is 1.02 bits per heavy atom. The molecule has 1 heterocycles. The number of aromatic nitrogens is 1. The van der Waals surface area contributed by atoms with E-state index in [9.17, 15) is 14.3 Å². The lowest BCUT2D eigenvalue weighted by molar-refractivity contribution is -0.0642. The lowest BCUT2D eigenvalue weighted by Crippen LogP contribution is -2.44. The molecule has 3 aromatic carbocycles. The summed E-state index contributed by atoms with van der Waals surface area (Å²) in [5, 5.41) is 14.5. The van der Waals surface area contributed by atoms with Gasteiger partial charge >= 0.3 is 0 Å². The summed E-state index contributed by atoms with van der Waals surface area (Å²) in [6, 6.07) is 17.5. The van der Waals surface area contributed by atoms with Crippen LogP contribution in [0.4, 0.5) is 4.39 Å². The molecule has 0 radical (unpaired) electrons. The van der Waals surface area contributed by atoms with Crippen molar-refractivity contribution in [2.75, 3.05) is 13.2 Å². The number of hydrogen-bond acceptors (Lipinski definition) is 4. The Kier molecular flexibility index (Phi) is 7.77. The maximum absolute atomic E-state index is 14.3. The summed E-state index contributed by atoms with van der Waals surface area (Å²) in [6.07, 6.45) is 10.7. The smallest absolute Gasteiger partial charge is 0.163 e. The topological polar surface area (TPSA) is 74.3 Å². The molecule has 1 aromatic heterocycles. The van der Waals surface area contributed by atoms with Crippen LogP contribution in [-0.4, -0.2) is 35.1 Å². The molecule has 46 heavy (non-hydrogen) atoms. The van der Waals surface area contributed by atoms with Crippen molar-refractivity contribution < 1.29 is 19.0 Å². The van der Waals surface area contributed by atoms with E-state index < -0.39 is 0 Å². The van der Waals surface area contributed by atoms with Crippen LogP contribution in [0.5, 0.6) is 5.75 Å². The minimum Gasteiger partial charge on any atom is -0.508 e. The van der Waals surface area contributed by atoms with Crippen LogP contribution in [0.15, 0.2) is 54.6 Å². The highest BCUT2D eigenvalue weighted by atomic mass is 19.1. The van der Waals surface area contributed by atoms with Crippen molar-refractivity contribution in [2.45, 2.75) is 89.7 Å². The number of aromatic hydroxyl groups is 1. The molecule has 0 amide bonds. The molecule has 4 aliphatic rings. The van der Waals surface area contributed by atoms with E-state index >= 15 is 0 Å². The highest BCUT2D eigenvalue weighted by molar-refractivity contribution is 6.11. The number of aromatic amines is 1. The van der Waals surface area contributed by atoms with E-state index in [4.69, 9.17) is 4.74 Å². The van der Waals surface area contributed by atoms with Gasteiger partial charge in [0.25, 0.3) is 0 Å². The molecule has 2 fully saturated rings. The third-order valence-corrected chi connectivity index (χ3v) is 12.1. The summed E-state index contributed by atoms with van der Waals surface area (Å²) in [7, 11) is 0. The van der Waals surface area contributed by atoms with Crippen LogP contribution < -0.4 is 5.32 Å². The van der Waals surface area contributed by atoms with Crippen LogP contribution >= 0.6 is 0 Å². The van der Waals surface area contributed by atoms with Crippen molar-refractivity contribution in [1.82, 2.24) is 10.3 Å². The maximum Gasteiger partial charge on any atom is 0.163 e.